The Bertz CT molecular complexity index is 443. The van der Waals surface area contributed by atoms with Crippen LogP contribution in [0.4, 0.5) is 5.69 Å². The molecule has 21 heavy (non-hydrogen) atoms. The Kier molecular flexibility index (Phi) is 6.41. The van der Waals surface area contributed by atoms with Crippen molar-refractivity contribution in [3.8, 4) is 0 Å². The van der Waals surface area contributed by atoms with Gasteiger partial charge in [-0.05, 0) is 29.0 Å². The molecule has 3 heteroatoms. The number of hydrogen-bond acceptors (Lipinski definition) is 2. The van der Waals surface area contributed by atoms with E-state index in [0.717, 1.165) is 12.2 Å². The second kappa shape index (κ2) is 7.60. The highest BCUT2D eigenvalue weighted by atomic mass is 16.1. The summed E-state index contributed by atoms with van der Waals surface area (Å²) in [7, 11) is 0. The van der Waals surface area contributed by atoms with E-state index in [0.29, 0.717) is 18.4 Å². The van der Waals surface area contributed by atoms with Crippen LogP contribution in [0.5, 0.6) is 0 Å². The maximum absolute atomic E-state index is 12.0. The van der Waals surface area contributed by atoms with Gasteiger partial charge in [-0.25, -0.2) is 0 Å². The number of amides is 1. The monoisotopic (exact) mass is 290 g/mol. The third kappa shape index (κ3) is 6.76. The minimum Gasteiger partial charge on any atom is -0.326 e. The van der Waals surface area contributed by atoms with E-state index in [9.17, 15) is 4.79 Å². The summed E-state index contributed by atoms with van der Waals surface area (Å²) in [5, 5.41) is 6.36. The van der Waals surface area contributed by atoms with Gasteiger partial charge >= 0.3 is 0 Å². The summed E-state index contributed by atoms with van der Waals surface area (Å²) in [5.74, 6) is 0.442. The van der Waals surface area contributed by atoms with Gasteiger partial charge in [-0.2, -0.15) is 0 Å². The number of rotatable bonds is 6. The number of carbonyl (C=O) groups is 1. The van der Waals surface area contributed by atoms with Gasteiger partial charge in [0.15, 0.2) is 0 Å². The van der Waals surface area contributed by atoms with Crippen molar-refractivity contribution in [2.75, 3.05) is 5.32 Å². The van der Waals surface area contributed by atoms with Gasteiger partial charge in [-0.1, -0.05) is 53.7 Å². The third-order valence-electron chi connectivity index (χ3n) is 3.92. The Labute approximate surface area is 129 Å². The van der Waals surface area contributed by atoms with E-state index in [-0.39, 0.29) is 11.3 Å². The molecule has 118 valence electrons. The predicted molar refractivity (Wildman–Crippen MR) is 90.3 cm³/mol. The minimum absolute atomic E-state index is 0.0884. The largest absolute Gasteiger partial charge is 0.326 e. The summed E-state index contributed by atoms with van der Waals surface area (Å²) < 4.78 is 0. The first-order chi connectivity index (χ1) is 9.68. The standard InChI is InChI=1S/C18H30N2O/c1-13(2)19-12-15-7-9-16(10-8-15)20-17(21)11-14(3)18(4,5)6/h7-10,13-14,19H,11-12H2,1-6H3,(H,20,21). The number of anilines is 1. The van der Waals surface area contributed by atoms with Crippen LogP contribution in [-0.4, -0.2) is 11.9 Å². The lowest BCUT2D eigenvalue weighted by Gasteiger charge is -2.26. The average molecular weight is 290 g/mol. The summed E-state index contributed by atoms with van der Waals surface area (Å²) in [6, 6.07) is 8.52. The highest BCUT2D eigenvalue weighted by molar-refractivity contribution is 5.90. The summed E-state index contributed by atoms with van der Waals surface area (Å²) >= 11 is 0. The third-order valence-corrected chi connectivity index (χ3v) is 3.92. The molecule has 3 nitrogen and oxygen atoms in total. The molecule has 1 aromatic rings. The molecule has 1 aromatic carbocycles. The molecular weight excluding hydrogens is 260 g/mol. The highest BCUT2D eigenvalue weighted by Crippen LogP contribution is 2.28. The molecule has 1 rings (SSSR count). The summed E-state index contributed by atoms with van der Waals surface area (Å²) in [4.78, 5) is 12.0. The van der Waals surface area contributed by atoms with Crippen LogP contribution >= 0.6 is 0 Å². The quantitative estimate of drug-likeness (QED) is 0.824. The molecular formula is C18H30N2O. The van der Waals surface area contributed by atoms with Crippen LogP contribution in [0, 0.1) is 11.3 Å². The molecule has 0 aliphatic carbocycles. The number of benzene rings is 1. The van der Waals surface area contributed by atoms with Crippen molar-refractivity contribution in [3.05, 3.63) is 29.8 Å². The number of carbonyl (C=O) groups excluding carboxylic acids is 1. The Morgan fingerprint density at radius 3 is 2.14 bits per heavy atom. The fourth-order valence-corrected chi connectivity index (χ4v) is 1.82. The Hall–Kier alpha value is -1.35. The van der Waals surface area contributed by atoms with Gasteiger partial charge in [0.2, 0.25) is 5.91 Å². The number of nitrogens with one attached hydrogen (secondary N) is 2. The van der Waals surface area contributed by atoms with Crippen LogP contribution < -0.4 is 10.6 Å². The molecule has 1 amide bonds. The van der Waals surface area contributed by atoms with E-state index < -0.39 is 0 Å². The van der Waals surface area contributed by atoms with Crippen molar-refractivity contribution in [1.82, 2.24) is 5.32 Å². The Morgan fingerprint density at radius 2 is 1.67 bits per heavy atom. The molecule has 0 aromatic heterocycles. The van der Waals surface area contributed by atoms with Crippen molar-refractivity contribution in [2.24, 2.45) is 11.3 Å². The van der Waals surface area contributed by atoms with Crippen molar-refractivity contribution in [2.45, 2.75) is 60.5 Å². The molecule has 1 unspecified atom stereocenters. The van der Waals surface area contributed by atoms with Gasteiger partial charge in [0.25, 0.3) is 0 Å². The molecule has 0 bridgehead atoms. The van der Waals surface area contributed by atoms with E-state index in [1.165, 1.54) is 5.56 Å². The van der Waals surface area contributed by atoms with Crippen LogP contribution in [0.15, 0.2) is 24.3 Å². The zero-order valence-electron chi connectivity index (χ0n) is 14.3. The second-order valence-electron chi connectivity index (χ2n) is 7.25. The number of hydrogen-bond donors (Lipinski definition) is 2. The molecule has 0 radical (unpaired) electrons. The smallest absolute Gasteiger partial charge is 0.224 e. The first-order valence-corrected chi connectivity index (χ1v) is 7.80. The highest BCUT2D eigenvalue weighted by Gasteiger charge is 2.22. The zero-order chi connectivity index (χ0) is 16.0. The van der Waals surface area contributed by atoms with Crippen molar-refractivity contribution >= 4 is 11.6 Å². The van der Waals surface area contributed by atoms with Gasteiger partial charge in [-0.15, -0.1) is 0 Å². The maximum atomic E-state index is 12.0. The molecule has 0 saturated carbocycles. The van der Waals surface area contributed by atoms with Gasteiger partial charge < -0.3 is 10.6 Å². The first-order valence-electron chi connectivity index (χ1n) is 7.80. The van der Waals surface area contributed by atoms with Crippen LogP contribution in [0.1, 0.15) is 53.5 Å². The normalized spacial score (nSPS) is 13.3. The van der Waals surface area contributed by atoms with Crippen molar-refractivity contribution in [1.29, 1.82) is 0 Å². The molecule has 0 heterocycles. The summed E-state index contributed by atoms with van der Waals surface area (Å²) in [5.41, 5.74) is 2.25. The van der Waals surface area contributed by atoms with Crippen LogP contribution in [0.2, 0.25) is 0 Å². The van der Waals surface area contributed by atoms with E-state index in [1.807, 2.05) is 12.1 Å². The SMILES string of the molecule is CC(C)NCc1ccc(NC(=O)CC(C)C(C)(C)C)cc1. The summed E-state index contributed by atoms with van der Waals surface area (Å²) in [6.07, 6.45) is 0.556. The van der Waals surface area contributed by atoms with Crippen molar-refractivity contribution < 1.29 is 4.79 Å². The van der Waals surface area contributed by atoms with Gasteiger partial charge in [-0.3, -0.25) is 4.79 Å². The minimum atomic E-state index is 0.0884. The van der Waals surface area contributed by atoms with Gasteiger partial charge in [0, 0.05) is 24.7 Å². The zero-order valence-corrected chi connectivity index (χ0v) is 14.3. The Balaban J connectivity index is 2.50. The molecule has 1 atom stereocenters. The fourth-order valence-electron chi connectivity index (χ4n) is 1.82. The topological polar surface area (TPSA) is 41.1 Å². The van der Waals surface area contributed by atoms with E-state index in [2.05, 4.69) is 64.3 Å². The van der Waals surface area contributed by atoms with Crippen LogP contribution in [0.25, 0.3) is 0 Å². The first kappa shape index (κ1) is 17.7. The van der Waals surface area contributed by atoms with Gasteiger partial charge in [0.05, 0.1) is 0 Å². The summed E-state index contributed by atoms with van der Waals surface area (Å²) in [6.45, 7) is 13.7. The predicted octanol–water partition coefficient (Wildman–Crippen LogP) is 4.20. The lowest BCUT2D eigenvalue weighted by molar-refractivity contribution is -0.117. The van der Waals surface area contributed by atoms with Crippen LogP contribution in [-0.2, 0) is 11.3 Å². The molecule has 0 saturated heterocycles. The van der Waals surface area contributed by atoms with Crippen LogP contribution in [0.3, 0.4) is 0 Å². The second-order valence-corrected chi connectivity index (χ2v) is 7.25. The molecule has 0 fully saturated rings. The molecule has 0 aliphatic heterocycles. The molecule has 0 spiro atoms. The molecule has 0 aliphatic rings. The Morgan fingerprint density at radius 1 is 1.10 bits per heavy atom. The lowest BCUT2D eigenvalue weighted by Crippen LogP contribution is -2.24. The fraction of sp³-hybridized carbons (Fsp3) is 0.611. The van der Waals surface area contributed by atoms with E-state index in [4.69, 9.17) is 0 Å². The lowest BCUT2D eigenvalue weighted by atomic mass is 9.80. The molecule has 2 N–H and O–H groups in total. The maximum Gasteiger partial charge on any atom is 0.224 e. The average Bonchev–Trinajstić information content (AvgIpc) is 2.36. The van der Waals surface area contributed by atoms with E-state index in [1.54, 1.807) is 0 Å². The van der Waals surface area contributed by atoms with Gasteiger partial charge in [0.1, 0.15) is 0 Å². The van der Waals surface area contributed by atoms with E-state index >= 15 is 0 Å². The van der Waals surface area contributed by atoms with Crippen molar-refractivity contribution in [3.63, 3.8) is 0 Å².